The molecule has 6 nitrogen and oxygen atoms in total. The Bertz CT molecular complexity index is 321. The molecule has 1 amide bonds. The SMILES string of the molecule is COCCN(CC(=O)N1CCOC(C)C1)CC1CCCN1. The molecule has 2 fully saturated rings. The van der Waals surface area contributed by atoms with Crippen molar-refractivity contribution in [2.75, 3.05) is 59.6 Å². The molecule has 2 atom stereocenters. The van der Waals surface area contributed by atoms with Gasteiger partial charge in [-0.2, -0.15) is 0 Å². The quantitative estimate of drug-likeness (QED) is 0.713. The molecule has 2 aliphatic heterocycles. The molecule has 2 rings (SSSR count). The summed E-state index contributed by atoms with van der Waals surface area (Å²) < 4.78 is 10.7. The third-order valence-electron chi connectivity index (χ3n) is 4.21. The van der Waals surface area contributed by atoms with Gasteiger partial charge in [0.25, 0.3) is 0 Å². The summed E-state index contributed by atoms with van der Waals surface area (Å²) in [6.45, 7) is 8.06. The van der Waals surface area contributed by atoms with Crippen LogP contribution in [0.15, 0.2) is 0 Å². The van der Waals surface area contributed by atoms with Crippen molar-refractivity contribution in [3.8, 4) is 0 Å². The van der Waals surface area contributed by atoms with Gasteiger partial charge < -0.3 is 19.7 Å². The third kappa shape index (κ3) is 5.54. The minimum Gasteiger partial charge on any atom is -0.383 e. The molecule has 122 valence electrons. The number of hydrogen-bond donors (Lipinski definition) is 1. The monoisotopic (exact) mass is 299 g/mol. The number of methoxy groups -OCH3 is 1. The van der Waals surface area contributed by atoms with E-state index in [2.05, 4.69) is 10.2 Å². The molecular formula is C15H29N3O3. The highest BCUT2D eigenvalue weighted by Crippen LogP contribution is 2.09. The smallest absolute Gasteiger partial charge is 0.236 e. The lowest BCUT2D eigenvalue weighted by molar-refractivity contribution is -0.139. The van der Waals surface area contributed by atoms with Gasteiger partial charge in [-0.1, -0.05) is 0 Å². The lowest BCUT2D eigenvalue weighted by atomic mass is 10.2. The molecule has 21 heavy (non-hydrogen) atoms. The number of nitrogens with zero attached hydrogens (tertiary/aromatic N) is 2. The van der Waals surface area contributed by atoms with Crippen molar-refractivity contribution in [3.05, 3.63) is 0 Å². The van der Waals surface area contributed by atoms with Crippen LogP contribution in [0.25, 0.3) is 0 Å². The Morgan fingerprint density at radius 1 is 1.52 bits per heavy atom. The topological polar surface area (TPSA) is 54.0 Å². The first kappa shape index (κ1) is 16.7. The first-order chi connectivity index (χ1) is 10.2. The lowest BCUT2D eigenvalue weighted by Gasteiger charge is -2.33. The van der Waals surface area contributed by atoms with Gasteiger partial charge in [-0.25, -0.2) is 0 Å². The van der Waals surface area contributed by atoms with E-state index >= 15 is 0 Å². The zero-order valence-corrected chi connectivity index (χ0v) is 13.3. The fourth-order valence-corrected chi connectivity index (χ4v) is 3.02. The number of carbonyl (C=O) groups is 1. The maximum Gasteiger partial charge on any atom is 0.236 e. The second-order valence-electron chi connectivity index (χ2n) is 6.04. The Balaban J connectivity index is 1.82. The summed E-state index contributed by atoms with van der Waals surface area (Å²) in [5, 5.41) is 3.50. The van der Waals surface area contributed by atoms with Crippen LogP contribution < -0.4 is 5.32 Å². The molecule has 2 saturated heterocycles. The first-order valence-corrected chi connectivity index (χ1v) is 8.03. The number of morpholine rings is 1. The van der Waals surface area contributed by atoms with Gasteiger partial charge in [0.15, 0.2) is 0 Å². The van der Waals surface area contributed by atoms with Crippen LogP contribution in [0.1, 0.15) is 19.8 Å². The molecule has 0 spiro atoms. The average Bonchev–Trinajstić information content (AvgIpc) is 2.97. The molecule has 0 aromatic carbocycles. The van der Waals surface area contributed by atoms with Crippen LogP contribution >= 0.6 is 0 Å². The van der Waals surface area contributed by atoms with Gasteiger partial charge >= 0.3 is 0 Å². The van der Waals surface area contributed by atoms with E-state index in [1.807, 2.05) is 11.8 Å². The average molecular weight is 299 g/mol. The van der Waals surface area contributed by atoms with Crippen molar-refractivity contribution in [2.24, 2.45) is 0 Å². The summed E-state index contributed by atoms with van der Waals surface area (Å²) in [5.41, 5.74) is 0. The van der Waals surface area contributed by atoms with Gasteiger partial charge in [0.05, 0.1) is 25.9 Å². The Labute approximate surface area is 127 Å². The lowest BCUT2D eigenvalue weighted by Crippen LogP contribution is -2.50. The molecule has 6 heteroatoms. The second kappa shape index (κ2) is 8.68. The van der Waals surface area contributed by atoms with E-state index in [1.165, 1.54) is 12.8 Å². The van der Waals surface area contributed by atoms with Crippen LogP contribution in [0.5, 0.6) is 0 Å². The van der Waals surface area contributed by atoms with Gasteiger partial charge in [0, 0.05) is 39.3 Å². The normalized spacial score (nSPS) is 26.5. The zero-order chi connectivity index (χ0) is 15.1. The molecule has 0 radical (unpaired) electrons. The van der Waals surface area contributed by atoms with Crippen LogP contribution in [-0.4, -0.2) is 87.4 Å². The zero-order valence-electron chi connectivity index (χ0n) is 13.3. The van der Waals surface area contributed by atoms with E-state index in [0.717, 1.165) is 19.6 Å². The summed E-state index contributed by atoms with van der Waals surface area (Å²) in [7, 11) is 1.71. The number of amides is 1. The van der Waals surface area contributed by atoms with Gasteiger partial charge in [0.2, 0.25) is 5.91 Å². The van der Waals surface area contributed by atoms with Crippen LogP contribution in [0.3, 0.4) is 0 Å². The van der Waals surface area contributed by atoms with Gasteiger partial charge in [-0.3, -0.25) is 9.69 Å². The molecule has 0 aromatic rings. The maximum atomic E-state index is 12.5. The number of ether oxygens (including phenoxy) is 2. The molecule has 1 N–H and O–H groups in total. The predicted octanol–water partition coefficient (Wildman–Crippen LogP) is -0.0659. The van der Waals surface area contributed by atoms with Crippen molar-refractivity contribution in [1.29, 1.82) is 0 Å². The van der Waals surface area contributed by atoms with E-state index < -0.39 is 0 Å². The molecular weight excluding hydrogens is 270 g/mol. The summed E-state index contributed by atoms with van der Waals surface area (Å²) in [6, 6.07) is 0.512. The highest BCUT2D eigenvalue weighted by molar-refractivity contribution is 5.78. The number of rotatable bonds is 7. The molecule has 0 aromatic heterocycles. The van der Waals surface area contributed by atoms with E-state index in [1.54, 1.807) is 7.11 Å². The fourth-order valence-electron chi connectivity index (χ4n) is 3.02. The summed E-state index contributed by atoms with van der Waals surface area (Å²) in [5.74, 6) is 0.208. The Hall–Kier alpha value is -0.690. The minimum atomic E-state index is 0.145. The molecule has 2 heterocycles. The highest BCUT2D eigenvalue weighted by Gasteiger charge is 2.24. The fraction of sp³-hybridized carbons (Fsp3) is 0.933. The number of hydrogen-bond acceptors (Lipinski definition) is 5. The van der Waals surface area contributed by atoms with E-state index in [-0.39, 0.29) is 12.0 Å². The van der Waals surface area contributed by atoms with E-state index in [0.29, 0.717) is 38.9 Å². The van der Waals surface area contributed by atoms with Crippen LogP contribution in [0.2, 0.25) is 0 Å². The second-order valence-corrected chi connectivity index (χ2v) is 6.04. The van der Waals surface area contributed by atoms with E-state index in [9.17, 15) is 4.79 Å². The largest absolute Gasteiger partial charge is 0.383 e. The summed E-state index contributed by atoms with van der Waals surface area (Å²) in [4.78, 5) is 16.6. The predicted molar refractivity (Wildman–Crippen MR) is 81.3 cm³/mol. The van der Waals surface area contributed by atoms with Crippen molar-refractivity contribution >= 4 is 5.91 Å². The van der Waals surface area contributed by atoms with Crippen molar-refractivity contribution in [1.82, 2.24) is 15.1 Å². The van der Waals surface area contributed by atoms with Crippen molar-refractivity contribution in [3.63, 3.8) is 0 Å². The Morgan fingerprint density at radius 3 is 3.05 bits per heavy atom. The van der Waals surface area contributed by atoms with Crippen LogP contribution in [0.4, 0.5) is 0 Å². The molecule has 2 unspecified atom stereocenters. The van der Waals surface area contributed by atoms with Gasteiger partial charge in [-0.15, -0.1) is 0 Å². The van der Waals surface area contributed by atoms with Crippen LogP contribution in [0, 0.1) is 0 Å². The minimum absolute atomic E-state index is 0.145. The van der Waals surface area contributed by atoms with Crippen molar-refractivity contribution in [2.45, 2.75) is 31.9 Å². The molecule has 2 aliphatic rings. The Morgan fingerprint density at radius 2 is 2.38 bits per heavy atom. The van der Waals surface area contributed by atoms with Gasteiger partial charge in [0.1, 0.15) is 0 Å². The van der Waals surface area contributed by atoms with Crippen LogP contribution in [-0.2, 0) is 14.3 Å². The van der Waals surface area contributed by atoms with Crippen molar-refractivity contribution < 1.29 is 14.3 Å². The third-order valence-corrected chi connectivity index (χ3v) is 4.21. The first-order valence-electron chi connectivity index (χ1n) is 8.03. The molecule has 0 saturated carbocycles. The highest BCUT2D eigenvalue weighted by atomic mass is 16.5. The standard InChI is InChI=1S/C15H29N3O3/c1-13-10-18(7-9-21-13)15(19)12-17(6-8-20-2)11-14-4-3-5-16-14/h13-14,16H,3-12H2,1-2H3. The summed E-state index contributed by atoms with van der Waals surface area (Å²) in [6.07, 6.45) is 2.58. The number of nitrogens with one attached hydrogen (secondary N) is 1. The van der Waals surface area contributed by atoms with E-state index in [4.69, 9.17) is 9.47 Å². The Kier molecular flexibility index (Phi) is 6.89. The van der Waals surface area contributed by atoms with Gasteiger partial charge in [-0.05, 0) is 26.3 Å². The summed E-state index contributed by atoms with van der Waals surface area (Å²) >= 11 is 0. The maximum absolute atomic E-state index is 12.5. The molecule has 0 aliphatic carbocycles. The number of carbonyl (C=O) groups excluding carboxylic acids is 1. The molecule has 0 bridgehead atoms.